The van der Waals surface area contributed by atoms with Gasteiger partial charge in [0.1, 0.15) is 23.3 Å². The molecular formula is C31H28N2O7. The zero-order chi connectivity index (χ0) is 27.9. The number of ether oxygens (including phenoxy) is 4. The molecule has 1 aliphatic rings. The summed E-state index contributed by atoms with van der Waals surface area (Å²) in [6.45, 7) is 0.218. The van der Waals surface area contributed by atoms with E-state index < -0.39 is 11.9 Å². The highest BCUT2D eigenvalue weighted by molar-refractivity contribution is 6.00. The number of hydrogen-bond donors (Lipinski definition) is 1. The number of methoxy groups -OCH3 is 2. The van der Waals surface area contributed by atoms with Gasteiger partial charge < -0.3 is 33.6 Å². The normalized spacial score (nSPS) is 12.7. The largest absolute Gasteiger partial charge is 0.497 e. The highest BCUT2D eigenvalue weighted by Crippen LogP contribution is 2.33. The summed E-state index contributed by atoms with van der Waals surface area (Å²) in [6.07, 6.45) is 4.63. The molecule has 1 unspecified atom stereocenters. The minimum atomic E-state index is -0.994. The molecule has 4 aromatic rings. The molecule has 1 N–H and O–H groups in total. The molecule has 3 aromatic carbocycles. The van der Waals surface area contributed by atoms with Gasteiger partial charge in [-0.2, -0.15) is 0 Å². The van der Waals surface area contributed by atoms with Gasteiger partial charge in [-0.15, -0.1) is 0 Å². The first kappa shape index (κ1) is 26.4. The molecule has 0 saturated carbocycles. The van der Waals surface area contributed by atoms with Crippen molar-refractivity contribution in [2.24, 2.45) is 0 Å². The number of amides is 2. The fourth-order valence-electron chi connectivity index (χ4n) is 4.29. The average Bonchev–Trinajstić information content (AvgIpc) is 3.68. The van der Waals surface area contributed by atoms with Gasteiger partial charge in [0.15, 0.2) is 11.5 Å². The molecule has 9 heteroatoms. The lowest BCUT2D eigenvalue weighted by atomic mass is 10.0. The first-order valence-electron chi connectivity index (χ1n) is 12.5. The van der Waals surface area contributed by atoms with Crippen LogP contribution in [0.15, 0.2) is 95.6 Å². The number of benzene rings is 3. The number of anilines is 1. The Morgan fingerprint density at radius 1 is 0.925 bits per heavy atom. The minimum absolute atomic E-state index is 0.0596. The summed E-state index contributed by atoms with van der Waals surface area (Å²) in [5.41, 5.74) is 1.91. The van der Waals surface area contributed by atoms with E-state index in [-0.39, 0.29) is 19.2 Å². The van der Waals surface area contributed by atoms with Crippen LogP contribution in [0.3, 0.4) is 0 Å². The van der Waals surface area contributed by atoms with E-state index in [1.165, 1.54) is 17.2 Å². The van der Waals surface area contributed by atoms with Crippen LogP contribution in [0.25, 0.3) is 6.08 Å². The third-order valence-corrected chi connectivity index (χ3v) is 6.35. The van der Waals surface area contributed by atoms with Crippen LogP contribution in [0, 0.1) is 0 Å². The topological polar surface area (TPSA) is 99.5 Å². The quantitative estimate of drug-likeness (QED) is 0.267. The van der Waals surface area contributed by atoms with Crippen LogP contribution in [-0.4, -0.2) is 37.7 Å². The Labute approximate surface area is 231 Å². The van der Waals surface area contributed by atoms with Gasteiger partial charge in [0, 0.05) is 11.8 Å². The molecule has 204 valence electrons. The summed E-state index contributed by atoms with van der Waals surface area (Å²) in [4.78, 5) is 29.1. The molecule has 1 atom stereocenters. The molecule has 0 fully saturated rings. The summed E-state index contributed by atoms with van der Waals surface area (Å²) in [5.74, 6) is 2.29. The Kier molecular flexibility index (Phi) is 8.01. The molecule has 5 rings (SSSR count). The fourth-order valence-corrected chi connectivity index (χ4v) is 4.29. The van der Waals surface area contributed by atoms with Gasteiger partial charge in [-0.3, -0.25) is 9.59 Å². The molecule has 0 spiro atoms. The van der Waals surface area contributed by atoms with Gasteiger partial charge in [-0.05, 0) is 77.9 Å². The van der Waals surface area contributed by atoms with Crippen molar-refractivity contribution >= 4 is 23.6 Å². The Hall–Kier alpha value is -5.18. The van der Waals surface area contributed by atoms with E-state index in [0.717, 1.165) is 5.56 Å². The second-order valence-electron chi connectivity index (χ2n) is 8.88. The van der Waals surface area contributed by atoms with Crippen LogP contribution < -0.4 is 24.3 Å². The summed E-state index contributed by atoms with van der Waals surface area (Å²) < 4.78 is 26.9. The first-order valence-corrected chi connectivity index (χ1v) is 12.5. The number of carbonyl (C=O) groups is 2. The van der Waals surface area contributed by atoms with Crippen molar-refractivity contribution in [1.82, 2.24) is 4.90 Å². The first-order chi connectivity index (χ1) is 19.5. The molecule has 1 aromatic heterocycles. The van der Waals surface area contributed by atoms with Gasteiger partial charge in [0.2, 0.25) is 12.7 Å². The third kappa shape index (κ3) is 6.10. The second kappa shape index (κ2) is 12.1. The number of carbonyl (C=O) groups excluding carboxylic acids is 2. The Morgan fingerprint density at radius 3 is 2.30 bits per heavy atom. The molecular weight excluding hydrogens is 512 g/mol. The maximum atomic E-state index is 13.8. The molecule has 40 heavy (non-hydrogen) atoms. The van der Waals surface area contributed by atoms with Crippen molar-refractivity contribution in [2.75, 3.05) is 26.3 Å². The number of hydrogen-bond acceptors (Lipinski definition) is 7. The van der Waals surface area contributed by atoms with Crippen LogP contribution >= 0.6 is 0 Å². The van der Waals surface area contributed by atoms with Gasteiger partial charge in [0.25, 0.3) is 5.91 Å². The maximum absolute atomic E-state index is 13.8. The lowest BCUT2D eigenvalue weighted by Crippen LogP contribution is -2.40. The van der Waals surface area contributed by atoms with E-state index in [0.29, 0.717) is 40.0 Å². The minimum Gasteiger partial charge on any atom is -0.497 e. The monoisotopic (exact) mass is 540 g/mol. The summed E-state index contributed by atoms with van der Waals surface area (Å²) in [6, 6.07) is 21.9. The number of nitrogens with zero attached hydrogens (tertiary/aromatic N) is 1. The van der Waals surface area contributed by atoms with Crippen LogP contribution in [0.1, 0.15) is 22.9 Å². The van der Waals surface area contributed by atoms with Crippen molar-refractivity contribution in [3.63, 3.8) is 0 Å². The summed E-state index contributed by atoms with van der Waals surface area (Å²) in [5, 5.41) is 2.93. The molecule has 0 aliphatic carbocycles. The summed E-state index contributed by atoms with van der Waals surface area (Å²) >= 11 is 0. The number of nitrogens with one attached hydrogen (secondary N) is 1. The molecule has 1 aliphatic heterocycles. The van der Waals surface area contributed by atoms with Crippen LogP contribution in [-0.2, 0) is 16.1 Å². The predicted octanol–water partition coefficient (Wildman–Crippen LogP) is 5.45. The molecule has 9 nitrogen and oxygen atoms in total. The third-order valence-electron chi connectivity index (χ3n) is 6.35. The highest BCUT2D eigenvalue weighted by Gasteiger charge is 2.31. The number of furan rings is 1. The van der Waals surface area contributed by atoms with E-state index in [2.05, 4.69) is 5.32 Å². The zero-order valence-electron chi connectivity index (χ0n) is 22.0. The summed E-state index contributed by atoms with van der Waals surface area (Å²) in [7, 11) is 3.14. The Morgan fingerprint density at radius 2 is 1.62 bits per heavy atom. The van der Waals surface area contributed by atoms with Gasteiger partial charge in [-0.1, -0.05) is 18.2 Å². The number of rotatable bonds is 10. The van der Waals surface area contributed by atoms with E-state index in [1.807, 2.05) is 6.07 Å². The fraction of sp³-hybridized carbons (Fsp3) is 0.161. The van der Waals surface area contributed by atoms with Crippen molar-refractivity contribution < 1.29 is 33.0 Å². The predicted molar refractivity (Wildman–Crippen MR) is 148 cm³/mol. The highest BCUT2D eigenvalue weighted by atomic mass is 16.7. The van der Waals surface area contributed by atoms with E-state index in [9.17, 15) is 9.59 Å². The van der Waals surface area contributed by atoms with Gasteiger partial charge >= 0.3 is 0 Å². The van der Waals surface area contributed by atoms with Crippen molar-refractivity contribution in [1.29, 1.82) is 0 Å². The molecule has 0 saturated heterocycles. The Balaban J connectivity index is 1.48. The van der Waals surface area contributed by atoms with E-state index in [1.54, 1.807) is 93.1 Å². The van der Waals surface area contributed by atoms with Crippen LogP contribution in [0.5, 0.6) is 23.0 Å². The van der Waals surface area contributed by atoms with Crippen molar-refractivity contribution in [3.8, 4) is 23.0 Å². The van der Waals surface area contributed by atoms with Crippen molar-refractivity contribution in [2.45, 2.75) is 12.6 Å². The molecule has 2 heterocycles. The molecule has 0 radical (unpaired) electrons. The second-order valence-corrected chi connectivity index (χ2v) is 8.88. The van der Waals surface area contributed by atoms with Crippen LogP contribution in [0.2, 0.25) is 0 Å². The Bertz CT molecular complexity index is 1480. The molecule has 2 amide bonds. The van der Waals surface area contributed by atoms with E-state index in [4.69, 9.17) is 23.4 Å². The van der Waals surface area contributed by atoms with E-state index >= 15 is 0 Å². The average molecular weight is 541 g/mol. The standard InChI is InChI=1S/C31H28N2O7/c1-36-24-11-7-22(8-12-24)30(31(35)32-23-9-13-25(37-2)14-10-23)33(19-26-4-3-17-38-26)29(34)16-6-21-5-15-27-28(18-21)40-20-39-27/h3-18,30H,19-20H2,1-2H3,(H,32,35). The number of fused-ring (bicyclic) bond motifs is 1. The SMILES string of the molecule is COc1ccc(NC(=O)C(c2ccc(OC)cc2)N(Cc2ccco2)C(=O)C=Cc2ccc3c(c2)OCO3)cc1. The lowest BCUT2D eigenvalue weighted by Gasteiger charge is -2.30. The van der Waals surface area contributed by atoms with Crippen LogP contribution in [0.4, 0.5) is 5.69 Å². The smallest absolute Gasteiger partial charge is 0.251 e. The van der Waals surface area contributed by atoms with Gasteiger partial charge in [0.05, 0.1) is 27.0 Å². The van der Waals surface area contributed by atoms with Gasteiger partial charge in [-0.25, -0.2) is 0 Å². The lowest BCUT2D eigenvalue weighted by molar-refractivity contribution is -0.136. The maximum Gasteiger partial charge on any atom is 0.251 e. The zero-order valence-corrected chi connectivity index (χ0v) is 22.0. The molecule has 0 bridgehead atoms. The van der Waals surface area contributed by atoms with Crippen molar-refractivity contribution in [3.05, 3.63) is 108 Å².